The molecule has 0 spiro atoms. The van der Waals surface area contributed by atoms with E-state index < -0.39 is 5.41 Å². The number of nitrogens with zero attached hydrogens (tertiary/aromatic N) is 1. The van der Waals surface area contributed by atoms with Crippen molar-refractivity contribution in [2.45, 2.75) is 52.5 Å². The Hall–Kier alpha value is -1.35. The summed E-state index contributed by atoms with van der Waals surface area (Å²) in [4.78, 5) is 15.0. The average molecular weight is 288 g/mol. The summed E-state index contributed by atoms with van der Waals surface area (Å²) < 4.78 is 0. The number of carbonyl (C=O) groups is 1. The zero-order valence-corrected chi connectivity index (χ0v) is 13.9. The third-order valence-corrected chi connectivity index (χ3v) is 4.95. The van der Waals surface area contributed by atoms with E-state index in [1.54, 1.807) is 0 Å². The Labute approximate surface area is 128 Å². The number of aryl methyl sites for hydroxylation is 1. The molecule has 3 nitrogen and oxygen atoms in total. The Bertz CT molecular complexity index is 534. The molecule has 1 amide bonds. The largest absolute Gasteiger partial charge is 0.341 e. The molecule has 1 aromatic carbocycles. The molecular weight excluding hydrogens is 260 g/mol. The molecular formula is C18H28N2O. The van der Waals surface area contributed by atoms with Crippen LogP contribution in [0.25, 0.3) is 0 Å². The number of benzene rings is 1. The number of piperidine rings is 1. The van der Waals surface area contributed by atoms with Gasteiger partial charge in [-0.1, -0.05) is 38.1 Å². The van der Waals surface area contributed by atoms with Crippen LogP contribution in [0.4, 0.5) is 0 Å². The summed E-state index contributed by atoms with van der Waals surface area (Å²) in [5, 5.41) is 0. The summed E-state index contributed by atoms with van der Waals surface area (Å²) in [7, 11) is 0. The minimum absolute atomic E-state index is 0.0181. The molecule has 1 aromatic rings. The predicted molar refractivity (Wildman–Crippen MR) is 87.2 cm³/mol. The predicted octanol–water partition coefficient (Wildman–Crippen LogP) is 2.86. The van der Waals surface area contributed by atoms with Crippen LogP contribution >= 0.6 is 0 Å². The number of likely N-dealkylation sites (tertiary alicyclic amines) is 1. The van der Waals surface area contributed by atoms with Gasteiger partial charge in [-0.3, -0.25) is 4.79 Å². The molecule has 1 saturated heterocycles. The van der Waals surface area contributed by atoms with Crippen LogP contribution < -0.4 is 5.73 Å². The quantitative estimate of drug-likeness (QED) is 0.909. The minimum Gasteiger partial charge on any atom is -0.341 e. The van der Waals surface area contributed by atoms with Gasteiger partial charge in [-0.25, -0.2) is 0 Å². The van der Waals surface area contributed by atoms with Gasteiger partial charge in [0.05, 0.1) is 5.41 Å². The second kappa shape index (κ2) is 5.45. The number of amides is 1. The summed E-state index contributed by atoms with van der Waals surface area (Å²) in [5.41, 5.74) is 7.95. The van der Waals surface area contributed by atoms with Crippen molar-refractivity contribution in [1.82, 2.24) is 4.90 Å². The van der Waals surface area contributed by atoms with Crippen LogP contribution in [0.3, 0.4) is 0 Å². The highest BCUT2D eigenvalue weighted by Gasteiger charge is 2.40. The summed E-state index contributed by atoms with van der Waals surface area (Å²) >= 11 is 0. The van der Waals surface area contributed by atoms with E-state index in [1.165, 1.54) is 5.56 Å². The second-order valence-corrected chi connectivity index (χ2v) is 7.55. The summed E-state index contributed by atoms with van der Waals surface area (Å²) in [6, 6.07) is 8.33. The van der Waals surface area contributed by atoms with E-state index >= 15 is 0 Å². The molecule has 116 valence electrons. The van der Waals surface area contributed by atoms with Gasteiger partial charge in [-0.05, 0) is 43.7 Å². The third-order valence-electron chi connectivity index (χ3n) is 4.95. The molecule has 0 aliphatic carbocycles. The van der Waals surface area contributed by atoms with E-state index in [1.807, 2.05) is 30.9 Å². The Morgan fingerprint density at radius 2 is 1.95 bits per heavy atom. The second-order valence-electron chi connectivity index (χ2n) is 7.55. The highest BCUT2D eigenvalue weighted by molar-refractivity contribution is 5.88. The van der Waals surface area contributed by atoms with Gasteiger partial charge in [0.2, 0.25) is 5.91 Å². The van der Waals surface area contributed by atoms with Gasteiger partial charge in [0.15, 0.2) is 0 Å². The van der Waals surface area contributed by atoms with Crippen LogP contribution in [0.2, 0.25) is 0 Å². The van der Waals surface area contributed by atoms with E-state index in [4.69, 9.17) is 5.73 Å². The fourth-order valence-corrected chi connectivity index (χ4v) is 3.33. The molecule has 0 radical (unpaired) electrons. The molecule has 2 rings (SSSR count). The van der Waals surface area contributed by atoms with E-state index in [9.17, 15) is 4.79 Å². The molecule has 1 unspecified atom stereocenters. The van der Waals surface area contributed by atoms with Gasteiger partial charge in [-0.2, -0.15) is 0 Å². The van der Waals surface area contributed by atoms with Crippen LogP contribution in [0, 0.1) is 12.3 Å². The highest BCUT2D eigenvalue weighted by atomic mass is 16.2. The van der Waals surface area contributed by atoms with Gasteiger partial charge in [0.25, 0.3) is 0 Å². The monoisotopic (exact) mass is 288 g/mol. The van der Waals surface area contributed by atoms with Crippen molar-refractivity contribution in [3.8, 4) is 0 Å². The van der Waals surface area contributed by atoms with Gasteiger partial charge in [0.1, 0.15) is 0 Å². The molecule has 3 heteroatoms. The molecule has 0 aromatic heterocycles. The molecule has 1 heterocycles. The van der Waals surface area contributed by atoms with E-state index in [0.717, 1.165) is 25.1 Å². The minimum atomic E-state index is -0.497. The van der Waals surface area contributed by atoms with Crippen LogP contribution in [-0.4, -0.2) is 29.9 Å². The Morgan fingerprint density at radius 1 is 1.33 bits per heavy atom. The smallest absolute Gasteiger partial charge is 0.232 e. The van der Waals surface area contributed by atoms with Crippen LogP contribution in [-0.2, 0) is 10.2 Å². The Morgan fingerprint density at radius 3 is 2.52 bits per heavy atom. The Balaban J connectivity index is 2.25. The van der Waals surface area contributed by atoms with Crippen molar-refractivity contribution in [3.05, 3.63) is 35.4 Å². The SMILES string of the molecule is Cc1ccccc1C(C)(C)C(=O)N1CCC(N)C(C)(C)C1. The first-order valence-corrected chi connectivity index (χ1v) is 7.77. The maximum atomic E-state index is 13.1. The van der Waals surface area contributed by atoms with E-state index in [0.29, 0.717) is 0 Å². The molecule has 0 bridgehead atoms. The van der Waals surface area contributed by atoms with Gasteiger partial charge >= 0.3 is 0 Å². The van der Waals surface area contributed by atoms with Crippen LogP contribution in [0.1, 0.15) is 45.2 Å². The number of rotatable bonds is 2. The van der Waals surface area contributed by atoms with Gasteiger partial charge in [0, 0.05) is 19.1 Å². The molecule has 2 N–H and O–H groups in total. The van der Waals surface area contributed by atoms with E-state index in [2.05, 4.69) is 32.9 Å². The average Bonchev–Trinajstić information content (AvgIpc) is 2.41. The summed E-state index contributed by atoms with van der Waals surface area (Å²) in [6.07, 6.45) is 0.878. The zero-order valence-electron chi connectivity index (χ0n) is 13.9. The first-order chi connectivity index (χ1) is 9.66. The number of nitrogens with two attached hydrogens (primary N) is 1. The molecule has 0 saturated carbocycles. The molecule has 1 aliphatic heterocycles. The lowest BCUT2D eigenvalue weighted by molar-refractivity contribution is -0.139. The first kappa shape index (κ1) is 16.0. The normalized spacial score (nSPS) is 22.2. The molecule has 1 fully saturated rings. The maximum absolute atomic E-state index is 13.1. The number of hydrogen-bond donors (Lipinski definition) is 1. The number of carbonyl (C=O) groups excluding carboxylic acids is 1. The van der Waals surface area contributed by atoms with E-state index in [-0.39, 0.29) is 17.4 Å². The lowest BCUT2D eigenvalue weighted by Gasteiger charge is -2.45. The van der Waals surface area contributed by atoms with Crippen molar-refractivity contribution in [3.63, 3.8) is 0 Å². The standard InChI is InChI=1S/C18H28N2O/c1-13-8-6-7-9-14(13)18(4,5)16(21)20-11-10-15(19)17(2,3)12-20/h6-9,15H,10-12,19H2,1-5H3. The van der Waals surface area contributed by atoms with Gasteiger partial charge < -0.3 is 10.6 Å². The highest BCUT2D eigenvalue weighted by Crippen LogP contribution is 2.33. The molecule has 1 aliphatic rings. The molecule has 1 atom stereocenters. The zero-order chi connectivity index (χ0) is 15.8. The van der Waals surface area contributed by atoms with Crippen molar-refractivity contribution < 1.29 is 4.79 Å². The summed E-state index contributed by atoms with van der Waals surface area (Å²) in [5.74, 6) is 0.205. The lowest BCUT2D eigenvalue weighted by atomic mass is 9.76. The fourth-order valence-electron chi connectivity index (χ4n) is 3.33. The van der Waals surface area contributed by atoms with Crippen molar-refractivity contribution in [1.29, 1.82) is 0 Å². The fraction of sp³-hybridized carbons (Fsp3) is 0.611. The topological polar surface area (TPSA) is 46.3 Å². The Kier molecular flexibility index (Phi) is 4.16. The van der Waals surface area contributed by atoms with Crippen molar-refractivity contribution in [2.24, 2.45) is 11.1 Å². The van der Waals surface area contributed by atoms with Crippen LogP contribution in [0.15, 0.2) is 24.3 Å². The van der Waals surface area contributed by atoms with Gasteiger partial charge in [-0.15, -0.1) is 0 Å². The molecule has 21 heavy (non-hydrogen) atoms. The van der Waals surface area contributed by atoms with Crippen molar-refractivity contribution in [2.75, 3.05) is 13.1 Å². The lowest BCUT2D eigenvalue weighted by Crippen LogP contribution is -2.57. The van der Waals surface area contributed by atoms with Crippen molar-refractivity contribution >= 4 is 5.91 Å². The maximum Gasteiger partial charge on any atom is 0.232 e. The summed E-state index contributed by atoms with van der Waals surface area (Å²) in [6.45, 7) is 11.9. The number of hydrogen-bond acceptors (Lipinski definition) is 2. The third kappa shape index (κ3) is 2.98. The van der Waals surface area contributed by atoms with Crippen LogP contribution in [0.5, 0.6) is 0 Å². The first-order valence-electron chi connectivity index (χ1n) is 7.77.